The highest BCUT2D eigenvalue weighted by molar-refractivity contribution is 9.10. The second kappa shape index (κ2) is 5.84. The first-order valence-corrected chi connectivity index (χ1v) is 6.61. The molecule has 0 radical (unpaired) electrons. The van der Waals surface area contributed by atoms with Gasteiger partial charge in [0.25, 0.3) is 5.56 Å². The Kier molecular flexibility index (Phi) is 4.16. The number of hydrogen-bond donors (Lipinski definition) is 1. The molecule has 1 heterocycles. The molecule has 0 aliphatic carbocycles. The van der Waals surface area contributed by atoms with Crippen LogP contribution in [0.3, 0.4) is 0 Å². The van der Waals surface area contributed by atoms with E-state index in [0.717, 1.165) is 4.47 Å². The third kappa shape index (κ3) is 3.32. The topological polar surface area (TPSA) is 51.1 Å². The van der Waals surface area contributed by atoms with Gasteiger partial charge in [0.05, 0.1) is 0 Å². The predicted molar refractivity (Wildman–Crippen MR) is 78.2 cm³/mol. The van der Waals surface area contributed by atoms with E-state index in [0.29, 0.717) is 5.69 Å². The first-order valence-electron chi connectivity index (χ1n) is 5.81. The van der Waals surface area contributed by atoms with Crippen molar-refractivity contribution in [1.82, 2.24) is 4.57 Å². The summed E-state index contributed by atoms with van der Waals surface area (Å²) in [6, 6.07) is 11.5. The zero-order chi connectivity index (χ0) is 13.8. The van der Waals surface area contributed by atoms with Gasteiger partial charge in [-0.3, -0.25) is 9.59 Å². The molecule has 0 bridgehead atoms. The summed E-state index contributed by atoms with van der Waals surface area (Å²) in [6.45, 7) is 1.69. The Balaban J connectivity index is 2.14. The number of anilines is 1. The molecule has 0 aliphatic rings. The van der Waals surface area contributed by atoms with E-state index < -0.39 is 6.04 Å². The monoisotopic (exact) mass is 320 g/mol. The van der Waals surface area contributed by atoms with Crippen LogP contribution >= 0.6 is 15.9 Å². The molecule has 0 saturated carbocycles. The Bertz CT molecular complexity index is 634. The lowest BCUT2D eigenvalue weighted by Gasteiger charge is -2.14. The number of benzene rings is 1. The number of aromatic nitrogens is 1. The fourth-order valence-corrected chi connectivity index (χ4v) is 1.93. The van der Waals surface area contributed by atoms with Crippen molar-refractivity contribution >= 4 is 27.5 Å². The van der Waals surface area contributed by atoms with Gasteiger partial charge in [-0.25, -0.2) is 0 Å². The van der Waals surface area contributed by atoms with Crippen LogP contribution in [-0.2, 0) is 4.79 Å². The largest absolute Gasteiger partial charge is 0.324 e. The lowest BCUT2D eigenvalue weighted by molar-refractivity contribution is -0.118. The maximum absolute atomic E-state index is 12.1. The normalized spacial score (nSPS) is 11.9. The van der Waals surface area contributed by atoms with Gasteiger partial charge >= 0.3 is 0 Å². The molecule has 19 heavy (non-hydrogen) atoms. The molecule has 2 aromatic rings. The molecule has 0 saturated heterocycles. The molecule has 1 N–H and O–H groups in total. The first-order chi connectivity index (χ1) is 9.08. The van der Waals surface area contributed by atoms with Crippen LogP contribution in [-0.4, -0.2) is 10.5 Å². The van der Waals surface area contributed by atoms with E-state index >= 15 is 0 Å². The second-order valence-electron chi connectivity index (χ2n) is 4.12. The number of hydrogen-bond acceptors (Lipinski definition) is 2. The molecule has 2 rings (SSSR count). The van der Waals surface area contributed by atoms with Gasteiger partial charge in [0.2, 0.25) is 5.91 Å². The minimum atomic E-state index is -0.558. The molecular weight excluding hydrogens is 308 g/mol. The van der Waals surface area contributed by atoms with E-state index in [1.54, 1.807) is 37.4 Å². The smallest absolute Gasteiger partial charge is 0.251 e. The Labute approximate surface area is 119 Å². The molecule has 98 valence electrons. The number of carbonyl (C=O) groups is 1. The van der Waals surface area contributed by atoms with Crippen LogP contribution in [0.5, 0.6) is 0 Å². The van der Waals surface area contributed by atoms with E-state index in [1.165, 1.54) is 10.6 Å². The van der Waals surface area contributed by atoms with Crippen LogP contribution in [0, 0.1) is 0 Å². The number of carbonyl (C=O) groups excluding carboxylic acids is 1. The summed E-state index contributed by atoms with van der Waals surface area (Å²) in [5.74, 6) is -0.226. The van der Waals surface area contributed by atoms with E-state index in [1.807, 2.05) is 12.1 Å². The molecule has 0 aliphatic heterocycles. The SMILES string of the molecule is CC(C(=O)Nc1ccc(Br)cc1)n1ccccc1=O. The third-order valence-corrected chi connectivity index (χ3v) is 3.29. The second-order valence-corrected chi connectivity index (χ2v) is 5.03. The van der Waals surface area contributed by atoms with Gasteiger partial charge in [-0.05, 0) is 37.3 Å². The van der Waals surface area contributed by atoms with Crippen LogP contribution in [0.1, 0.15) is 13.0 Å². The van der Waals surface area contributed by atoms with Gasteiger partial charge < -0.3 is 9.88 Å². The Hall–Kier alpha value is -1.88. The maximum atomic E-state index is 12.1. The molecule has 0 spiro atoms. The number of nitrogens with zero attached hydrogens (tertiary/aromatic N) is 1. The van der Waals surface area contributed by atoms with E-state index in [-0.39, 0.29) is 11.5 Å². The minimum Gasteiger partial charge on any atom is -0.324 e. The number of pyridine rings is 1. The molecule has 1 aromatic carbocycles. The van der Waals surface area contributed by atoms with Gasteiger partial charge in [0.1, 0.15) is 6.04 Å². The molecule has 1 aromatic heterocycles. The van der Waals surface area contributed by atoms with Crippen molar-refractivity contribution in [2.45, 2.75) is 13.0 Å². The summed E-state index contributed by atoms with van der Waals surface area (Å²) in [6.07, 6.45) is 1.61. The first kappa shape index (κ1) is 13.5. The Morgan fingerprint density at radius 3 is 2.53 bits per heavy atom. The van der Waals surface area contributed by atoms with Crippen LogP contribution < -0.4 is 10.9 Å². The van der Waals surface area contributed by atoms with Crippen molar-refractivity contribution in [2.75, 3.05) is 5.32 Å². The molecule has 1 unspecified atom stereocenters. The van der Waals surface area contributed by atoms with Crippen LogP contribution in [0.2, 0.25) is 0 Å². The molecule has 5 heteroatoms. The predicted octanol–water partition coefficient (Wildman–Crippen LogP) is 2.81. The van der Waals surface area contributed by atoms with Gasteiger partial charge in [0.15, 0.2) is 0 Å². The maximum Gasteiger partial charge on any atom is 0.251 e. The van der Waals surface area contributed by atoms with Crippen LogP contribution in [0.4, 0.5) is 5.69 Å². The molecular formula is C14H13BrN2O2. The third-order valence-electron chi connectivity index (χ3n) is 2.76. The van der Waals surface area contributed by atoms with Gasteiger partial charge in [-0.1, -0.05) is 22.0 Å². The Morgan fingerprint density at radius 2 is 1.89 bits per heavy atom. The quantitative estimate of drug-likeness (QED) is 0.945. The molecule has 1 amide bonds. The summed E-state index contributed by atoms with van der Waals surface area (Å²) in [4.78, 5) is 23.7. The summed E-state index contributed by atoms with van der Waals surface area (Å²) in [7, 11) is 0. The van der Waals surface area contributed by atoms with Crippen molar-refractivity contribution in [3.8, 4) is 0 Å². The minimum absolute atomic E-state index is 0.194. The van der Waals surface area contributed by atoms with Crippen molar-refractivity contribution in [2.24, 2.45) is 0 Å². The summed E-state index contributed by atoms with van der Waals surface area (Å²) >= 11 is 3.33. The summed E-state index contributed by atoms with van der Waals surface area (Å²) in [5, 5.41) is 2.78. The molecule has 1 atom stereocenters. The van der Waals surface area contributed by atoms with Crippen molar-refractivity contribution in [3.63, 3.8) is 0 Å². The lowest BCUT2D eigenvalue weighted by Crippen LogP contribution is -2.30. The standard InChI is InChI=1S/C14H13BrN2O2/c1-10(17-9-3-2-4-13(17)18)14(19)16-12-7-5-11(15)6-8-12/h2-10H,1H3,(H,16,19). The number of rotatable bonds is 3. The van der Waals surface area contributed by atoms with E-state index in [4.69, 9.17) is 0 Å². The molecule has 0 fully saturated rings. The van der Waals surface area contributed by atoms with Crippen molar-refractivity contribution in [3.05, 3.63) is 63.5 Å². The lowest BCUT2D eigenvalue weighted by atomic mass is 10.2. The fourth-order valence-electron chi connectivity index (χ4n) is 1.67. The zero-order valence-electron chi connectivity index (χ0n) is 10.3. The average Bonchev–Trinajstić information content (AvgIpc) is 2.41. The highest BCUT2D eigenvalue weighted by atomic mass is 79.9. The number of halogens is 1. The zero-order valence-corrected chi connectivity index (χ0v) is 11.9. The highest BCUT2D eigenvalue weighted by Gasteiger charge is 2.15. The number of nitrogens with one attached hydrogen (secondary N) is 1. The van der Waals surface area contributed by atoms with E-state index in [2.05, 4.69) is 21.2 Å². The van der Waals surface area contributed by atoms with Gasteiger partial charge in [-0.15, -0.1) is 0 Å². The molecule has 4 nitrogen and oxygen atoms in total. The van der Waals surface area contributed by atoms with Crippen molar-refractivity contribution < 1.29 is 4.79 Å². The van der Waals surface area contributed by atoms with Crippen molar-refractivity contribution in [1.29, 1.82) is 0 Å². The Morgan fingerprint density at radius 1 is 1.21 bits per heavy atom. The van der Waals surface area contributed by atoms with Gasteiger partial charge in [-0.2, -0.15) is 0 Å². The number of amides is 1. The highest BCUT2D eigenvalue weighted by Crippen LogP contribution is 2.15. The van der Waals surface area contributed by atoms with Crippen LogP contribution in [0.25, 0.3) is 0 Å². The van der Waals surface area contributed by atoms with E-state index in [9.17, 15) is 9.59 Å². The average molecular weight is 321 g/mol. The fraction of sp³-hybridized carbons (Fsp3) is 0.143. The summed E-state index contributed by atoms with van der Waals surface area (Å²) in [5.41, 5.74) is 0.505. The van der Waals surface area contributed by atoms with Gasteiger partial charge in [0, 0.05) is 22.4 Å². The van der Waals surface area contributed by atoms with Crippen LogP contribution in [0.15, 0.2) is 57.9 Å². The summed E-state index contributed by atoms with van der Waals surface area (Å²) < 4.78 is 2.34.